The van der Waals surface area contributed by atoms with Gasteiger partial charge in [-0.05, 0) is 17.2 Å². The molecule has 1 aromatic heterocycles. The number of hydrogen-bond donors (Lipinski definition) is 5. The van der Waals surface area contributed by atoms with Crippen molar-refractivity contribution >= 4 is 35.4 Å². The van der Waals surface area contributed by atoms with Crippen LogP contribution in [-0.4, -0.2) is 39.8 Å². The third-order valence-corrected chi connectivity index (χ3v) is 4.97. The van der Waals surface area contributed by atoms with Gasteiger partial charge < -0.3 is 20.7 Å². The van der Waals surface area contributed by atoms with Crippen LogP contribution in [0.3, 0.4) is 0 Å². The first-order chi connectivity index (χ1) is 13.6. The number of fused-ring (bicyclic) bond motifs is 1. The normalized spacial score (nSPS) is 13.2. The molecule has 0 aliphatic carbocycles. The summed E-state index contributed by atoms with van der Waals surface area (Å²) in [6.45, 7) is 0.500. The monoisotopic (exact) mass is 397 g/mol. The Morgan fingerprint density at radius 3 is 2.46 bits per heavy atom. The summed E-state index contributed by atoms with van der Waals surface area (Å²) in [6, 6.07) is 15.7. The molecule has 28 heavy (non-hydrogen) atoms. The second-order valence-corrected chi connectivity index (χ2v) is 6.93. The van der Waals surface area contributed by atoms with Gasteiger partial charge in [-0.25, -0.2) is 4.79 Å². The molecule has 0 unspecified atom stereocenters. The van der Waals surface area contributed by atoms with Crippen LogP contribution in [0.4, 0.5) is 0 Å². The summed E-state index contributed by atoms with van der Waals surface area (Å²) in [5.41, 5.74) is 2.82. The summed E-state index contributed by atoms with van der Waals surface area (Å²) in [5, 5.41) is 16.3. The molecule has 0 aliphatic rings. The maximum atomic E-state index is 12.6. The number of H-pyrrole nitrogens is 1. The average Bonchev–Trinajstić information content (AvgIpc) is 3.11. The lowest BCUT2D eigenvalue weighted by Gasteiger charge is -2.20. The smallest absolute Gasteiger partial charge is 0.326 e. The zero-order chi connectivity index (χ0) is 19.9. The van der Waals surface area contributed by atoms with E-state index in [9.17, 15) is 14.7 Å². The van der Waals surface area contributed by atoms with E-state index in [2.05, 4.69) is 28.2 Å². The molecular weight excluding hydrogens is 374 g/mol. The second-order valence-electron chi connectivity index (χ2n) is 6.56. The quantitative estimate of drug-likeness (QED) is 0.358. The Morgan fingerprint density at radius 2 is 1.75 bits per heavy atom. The van der Waals surface area contributed by atoms with Crippen molar-refractivity contribution in [1.82, 2.24) is 15.6 Å². The van der Waals surface area contributed by atoms with Crippen molar-refractivity contribution < 1.29 is 14.7 Å². The number of carboxylic acid groups (broad SMARTS) is 1. The first kappa shape index (κ1) is 20.0. The van der Waals surface area contributed by atoms with E-state index in [1.165, 1.54) is 0 Å². The van der Waals surface area contributed by atoms with E-state index in [0.717, 1.165) is 22.0 Å². The fourth-order valence-corrected chi connectivity index (χ4v) is 3.36. The number of hydrogen-bond acceptors (Lipinski definition) is 4. The van der Waals surface area contributed by atoms with Crippen LogP contribution >= 0.6 is 12.6 Å². The van der Waals surface area contributed by atoms with Crippen molar-refractivity contribution in [3.63, 3.8) is 0 Å². The fourth-order valence-electron chi connectivity index (χ4n) is 3.07. The molecule has 0 aliphatic heterocycles. The van der Waals surface area contributed by atoms with Crippen molar-refractivity contribution in [1.29, 1.82) is 0 Å². The molecule has 0 bridgehead atoms. The lowest BCUT2D eigenvalue weighted by atomic mass is 10.0. The Kier molecular flexibility index (Phi) is 6.73. The highest BCUT2D eigenvalue weighted by Gasteiger charge is 2.25. The standard InChI is InChI=1S/C21H23N3O3S/c25-20(19(13-28)22-11-14-6-2-1-3-7-14)24-18(21(26)27)10-15-12-23-17-9-5-4-8-16(15)17/h1-9,12,18-19,22-23,28H,10-11,13H2,(H,24,25)(H,26,27)/t18-,19-/m0/s1. The number of aliphatic carboxylic acids is 1. The number of carbonyl (C=O) groups excluding carboxylic acids is 1. The predicted octanol–water partition coefficient (Wildman–Crippen LogP) is 2.37. The SMILES string of the molecule is O=C(O)[C@H](Cc1c[nH]c2ccccc12)NC(=O)[C@H](CS)NCc1ccccc1. The summed E-state index contributed by atoms with van der Waals surface area (Å²) >= 11 is 4.24. The van der Waals surface area contributed by atoms with E-state index in [1.54, 1.807) is 6.20 Å². The minimum Gasteiger partial charge on any atom is -0.480 e. The highest BCUT2D eigenvalue weighted by atomic mass is 32.1. The van der Waals surface area contributed by atoms with E-state index < -0.39 is 18.1 Å². The first-order valence-corrected chi connectivity index (χ1v) is 9.68. The zero-order valence-electron chi connectivity index (χ0n) is 15.3. The third kappa shape index (κ3) is 4.94. The van der Waals surface area contributed by atoms with Gasteiger partial charge in [-0.15, -0.1) is 0 Å². The number of nitrogens with one attached hydrogen (secondary N) is 3. The molecule has 0 radical (unpaired) electrons. The number of carbonyl (C=O) groups is 2. The highest BCUT2D eigenvalue weighted by Crippen LogP contribution is 2.19. The van der Waals surface area contributed by atoms with E-state index in [0.29, 0.717) is 6.54 Å². The fraction of sp³-hybridized carbons (Fsp3) is 0.238. The Labute approximate surface area is 168 Å². The van der Waals surface area contributed by atoms with Crippen LogP contribution in [0.15, 0.2) is 60.8 Å². The minimum atomic E-state index is -1.07. The van der Waals surface area contributed by atoms with Gasteiger partial charge in [-0.1, -0.05) is 48.5 Å². The topological polar surface area (TPSA) is 94.2 Å². The molecular formula is C21H23N3O3S. The third-order valence-electron chi connectivity index (χ3n) is 4.61. The zero-order valence-corrected chi connectivity index (χ0v) is 16.2. The molecule has 3 aromatic rings. The number of thiol groups is 1. The van der Waals surface area contributed by atoms with Gasteiger partial charge in [-0.3, -0.25) is 4.79 Å². The largest absolute Gasteiger partial charge is 0.480 e. The molecule has 2 aromatic carbocycles. The molecule has 1 amide bonds. The van der Waals surface area contributed by atoms with Crippen LogP contribution in [0.2, 0.25) is 0 Å². The van der Waals surface area contributed by atoms with Gasteiger partial charge in [-0.2, -0.15) is 12.6 Å². The van der Waals surface area contributed by atoms with Crippen LogP contribution in [0.5, 0.6) is 0 Å². The molecule has 0 fully saturated rings. The van der Waals surface area contributed by atoms with Crippen LogP contribution in [0, 0.1) is 0 Å². The Bertz CT molecular complexity index is 942. The van der Waals surface area contributed by atoms with Crippen molar-refractivity contribution in [2.24, 2.45) is 0 Å². The molecule has 7 heteroatoms. The van der Waals surface area contributed by atoms with Crippen LogP contribution < -0.4 is 10.6 Å². The number of para-hydroxylation sites is 1. The maximum absolute atomic E-state index is 12.6. The van der Waals surface area contributed by atoms with Crippen molar-refractivity contribution in [2.45, 2.75) is 25.0 Å². The highest BCUT2D eigenvalue weighted by molar-refractivity contribution is 7.80. The van der Waals surface area contributed by atoms with Gasteiger partial charge in [0, 0.05) is 35.8 Å². The van der Waals surface area contributed by atoms with Crippen LogP contribution in [-0.2, 0) is 22.6 Å². The van der Waals surface area contributed by atoms with Crippen LogP contribution in [0.25, 0.3) is 10.9 Å². The summed E-state index contributed by atoms with van der Waals surface area (Å²) in [4.78, 5) is 27.5. The second kappa shape index (κ2) is 9.43. The van der Waals surface area contributed by atoms with Gasteiger partial charge in [0.15, 0.2) is 0 Å². The summed E-state index contributed by atoms with van der Waals surface area (Å²) in [6.07, 6.45) is 1.99. The van der Waals surface area contributed by atoms with Gasteiger partial charge >= 0.3 is 5.97 Å². The number of rotatable bonds is 9. The van der Waals surface area contributed by atoms with E-state index in [-0.39, 0.29) is 18.1 Å². The molecule has 146 valence electrons. The van der Waals surface area contributed by atoms with Crippen molar-refractivity contribution in [3.8, 4) is 0 Å². The van der Waals surface area contributed by atoms with Gasteiger partial charge in [0.2, 0.25) is 5.91 Å². The first-order valence-electron chi connectivity index (χ1n) is 9.05. The molecule has 0 saturated heterocycles. The van der Waals surface area contributed by atoms with Crippen molar-refractivity contribution in [2.75, 3.05) is 5.75 Å². The van der Waals surface area contributed by atoms with E-state index in [1.807, 2.05) is 54.6 Å². The van der Waals surface area contributed by atoms with Gasteiger partial charge in [0.25, 0.3) is 0 Å². The molecule has 3 rings (SSSR count). The van der Waals surface area contributed by atoms with Gasteiger partial charge in [0.1, 0.15) is 6.04 Å². The molecule has 0 spiro atoms. The van der Waals surface area contributed by atoms with E-state index >= 15 is 0 Å². The van der Waals surface area contributed by atoms with Gasteiger partial charge in [0.05, 0.1) is 6.04 Å². The molecule has 2 atom stereocenters. The molecule has 4 N–H and O–H groups in total. The minimum absolute atomic E-state index is 0.197. The lowest BCUT2D eigenvalue weighted by Crippen LogP contribution is -2.51. The number of carboxylic acids is 1. The number of aromatic amines is 1. The van der Waals surface area contributed by atoms with Crippen LogP contribution in [0.1, 0.15) is 11.1 Å². The lowest BCUT2D eigenvalue weighted by molar-refractivity contribution is -0.142. The number of benzene rings is 2. The summed E-state index contributed by atoms with van der Waals surface area (Å²) in [5.74, 6) is -1.18. The number of amides is 1. The molecule has 0 saturated carbocycles. The number of aromatic nitrogens is 1. The predicted molar refractivity (Wildman–Crippen MR) is 112 cm³/mol. The maximum Gasteiger partial charge on any atom is 0.326 e. The van der Waals surface area contributed by atoms with Crippen molar-refractivity contribution in [3.05, 3.63) is 71.9 Å². The Balaban J connectivity index is 1.65. The molecule has 6 nitrogen and oxygen atoms in total. The summed E-state index contributed by atoms with van der Waals surface area (Å²) < 4.78 is 0. The summed E-state index contributed by atoms with van der Waals surface area (Å²) in [7, 11) is 0. The van der Waals surface area contributed by atoms with E-state index in [4.69, 9.17) is 0 Å². The Hall–Kier alpha value is -2.77. The Morgan fingerprint density at radius 1 is 1.04 bits per heavy atom. The molecule has 1 heterocycles. The average molecular weight is 398 g/mol.